The Morgan fingerprint density at radius 1 is 1.38 bits per heavy atom. The lowest BCUT2D eigenvalue weighted by atomic mass is 9.84. The maximum absolute atomic E-state index is 12.3. The van der Waals surface area contributed by atoms with Crippen LogP contribution in [0.25, 0.3) is 0 Å². The molecule has 1 fully saturated rings. The molecule has 1 aromatic rings. The van der Waals surface area contributed by atoms with E-state index in [0.717, 1.165) is 12.8 Å². The topological polar surface area (TPSA) is 69.6 Å². The lowest BCUT2D eigenvalue weighted by molar-refractivity contribution is 0.0698. The second kappa shape index (κ2) is 5.93. The molecule has 0 atom stereocenters. The van der Waals surface area contributed by atoms with E-state index in [-0.39, 0.29) is 22.7 Å². The molecule has 0 aromatic heterocycles. The van der Waals surface area contributed by atoms with Crippen molar-refractivity contribution in [3.8, 4) is 0 Å². The number of piperidine rings is 1. The average Bonchev–Trinajstić information content (AvgIpc) is 2.37. The SMILES string of the molecule is CC1(C)CCCN(C(=O)Nc2cc(Cl)ccc2C(=O)O)C1. The third kappa shape index (κ3) is 3.88. The zero-order valence-corrected chi connectivity index (χ0v) is 12.9. The summed E-state index contributed by atoms with van der Waals surface area (Å²) in [5, 5.41) is 12.2. The lowest BCUT2D eigenvalue weighted by Crippen LogP contribution is -2.45. The van der Waals surface area contributed by atoms with Crippen molar-refractivity contribution in [1.29, 1.82) is 0 Å². The molecule has 2 amide bonds. The molecule has 0 unspecified atom stereocenters. The minimum atomic E-state index is -1.10. The molecule has 1 saturated heterocycles. The third-order valence-corrected chi connectivity index (χ3v) is 3.88. The smallest absolute Gasteiger partial charge is 0.337 e. The van der Waals surface area contributed by atoms with Crippen LogP contribution in [-0.2, 0) is 0 Å². The molecule has 6 heteroatoms. The molecule has 114 valence electrons. The predicted octanol–water partition coefficient (Wildman–Crippen LogP) is 3.69. The van der Waals surface area contributed by atoms with Gasteiger partial charge in [0.15, 0.2) is 0 Å². The number of hydrogen-bond donors (Lipinski definition) is 2. The Bertz CT molecular complexity index is 572. The number of urea groups is 1. The normalized spacial score (nSPS) is 17.4. The van der Waals surface area contributed by atoms with Crippen molar-refractivity contribution in [2.45, 2.75) is 26.7 Å². The van der Waals surface area contributed by atoms with Crippen LogP contribution in [0.3, 0.4) is 0 Å². The lowest BCUT2D eigenvalue weighted by Gasteiger charge is -2.38. The molecule has 0 spiro atoms. The van der Waals surface area contributed by atoms with Gasteiger partial charge in [-0.2, -0.15) is 0 Å². The van der Waals surface area contributed by atoms with E-state index in [0.29, 0.717) is 18.1 Å². The summed E-state index contributed by atoms with van der Waals surface area (Å²) < 4.78 is 0. The average molecular weight is 311 g/mol. The van der Waals surface area contributed by atoms with Crippen molar-refractivity contribution in [2.24, 2.45) is 5.41 Å². The summed E-state index contributed by atoms with van der Waals surface area (Å²) in [6.45, 7) is 5.57. The fourth-order valence-corrected chi connectivity index (χ4v) is 2.77. The highest BCUT2D eigenvalue weighted by Crippen LogP contribution is 2.29. The van der Waals surface area contributed by atoms with Gasteiger partial charge < -0.3 is 15.3 Å². The van der Waals surface area contributed by atoms with Crippen molar-refractivity contribution in [1.82, 2.24) is 4.90 Å². The molecular weight excluding hydrogens is 292 g/mol. The zero-order valence-electron chi connectivity index (χ0n) is 12.1. The van der Waals surface area contributed by atoms with Crippen LogP contribution >= 0.6 is 11.6 Å². The van der Waals surface area contributed by atoms with Crippen LogP contribution in [0.1, 0.15) is 37.0 Å². The number of nitrogens with zero attached hydrogens (tertiary/aromatic N) is 1. The number of carbonyl (C=O) groups excluding carboxylic acids is 1. The van der Waals surface area contributed by atoms with Crippen molar-refractivity contribution >= 4 is 29.3 Å². The van der Waals surface area contributed by atoms with Crippen LogP contribution in [0.2, 0.25) is 5.02 Å². The van der Waals surface area contributed by atoms with Crippen molar-refractivity contribution in [3.05, 3.63) is 28.8 Å². The van der Waals surface area contributed by atoms with Gasteiger partial charge in [-0.25, -0.2) is 9.59 Å². The van der Waals surface area contributed by atoms with E-state index in [4.69, 9.17) is 16.7 Å². The number of carbonyl (C=O) groups is 2. The third-order valence-electron chi connectivity index (χ3n) is 3.64. The van der Waals surface area contributed by atoms with Crippen molar-refractivity contribution in [2.75, 3.05) is 18.4 Å². The molecule has 1 aliphatic rings. The number of halogens is 1. The molecule has 1 heterocycles. The number of aromatic carboxylic acids is 1. The van der Waals surface area contributed by atoms with Crippen LogP contribution in [0.5, 0.6) is 0 Å². The quantitative estimate of drug-likeness (QED) is 0.875. The van der Waals surface area contributed by atoms with Gasteiger partial charge in [-0.1, -0.05) is 25.4 Å². The predicted molar refractivity (Wildman–Crippen MR) is 82.0 cm³/mol. The summed E-state index contributed by atoms with van der Waals surface area (Å²) in [5.74, 6) is -1.10. The Hall–Kier alpha value is -1.75. The number of amides is 2. The molecule has 21 heavy (non-hydrogen) atoms. The van der Waals surface area contributed by atoms with E-state index >= 15 is 0 Å². The van der Waals surface area contributed by atoms with Gasteiger partial charge in [-0.15, -0.1) is 0 Å². The highest BCUT2D eigenvalue weighted by Gasteiger charge is 2.29. The van der Waals surface area contributed by atoms with Gasteiger partial charge in [-0.05, 0) is 36.5 Å². The van der Waals surface area contributed by atoms with Crippen molar-refractivity contribution < 1.29 is 14.7 Å². The number of nitrogens with one attached hydrogen (secondary N) is 1. The van der Waals surface area contributed by atoms with E-state index in [2.05, 4.69) is 19.2 Å². The summed E-state index contributed by atoms with van der Waals surface area (Å²) in [5.41, 5.74) is 0.340. The van der Waals surface area contributed by atoms with Crippen molar-refractivity contribution in [3.63, 3.8) is 0 Å². The molecule has 0 radical (unpaired) electrons. The minimum absolute atomic E-state index is 0.0315. The van der Waals surface area contributed by atoms with Crippen LogP contribution in [0.15, 0.2) is 18.2 Å². The Balaban J connectivity index is 2.16. The molecule has 1 aliphatic heterocycles. The highest BCUT2D eigenvalue weighted by molar-refractivity contribution is 6.31. The summed E-state index contributed by atoms with van der Waals surface area (Å²) in [7, 11) is 0. The van der Waals surface area contributed by atoms with Gasteiger partial charge in [0.05, 0.1) is 11.3 Å². The van der Waals surface area contributed by atoms with E-state index < -0.39 is 5.97 Å². The summed E-state index contributed by atoms with van der Waals surface area (Å²) in [4.78, 5) is 25.2. The number of likely N-dealkylation sites (tertiary alicyclic amines) is 1. The Morgan fingerprint density at radius 3 is 2.71 bits per heavy atom. The van der Waals surface area contributed by atoms with Gasteiger partial charge in [0, 0.05) is 18.1 Å². The van der Waals surface area contributed by atoms with Gasteiger partial charge >= 0.3 is 12.0 Å². The largest absolute Gasteiger partial charge is 0.478 e. The monoisotopic (exact) mass is 310 g/mol. The van der Waals surface area contributed by atoms with Gasteiger partial charge in [0.2, 0.25) is 0 Å². The molecule has 5 nitrogen and oxygen atoms in total. The first-order valence-corrected chi connectivity index (χ1v) is 7.25. The number of benzene rings is 1. The number of carboxylic acid groups (broad SMARTS) is 1. The Kier molecular flexibility index (Phi) is 4.42. The molecule has 1 aromatic carbocycles. The van der Waals surface area contributed by atoms with Gasteiger partial charge in [-0.3, -0.25) is 0 Å². The number of carboxylic acids is 1. The second-order valence-electron chi connectivity index (χ2n) is 6.11. The van der Waals surface area contributed by atoms with Crippen LogP contribution in [0.4, 0.5) is 10.5 Å². The summed E-state index contributed by atoms with van der Waals surface area (Å²) in [6.07, 6.45) is 2.02. The Labute approximate surface area is 128 Å². The van der Waals surface area contributed by atoms with Crippen LogP contribution < -0.4 is 5.32 Å². The van der Waals surface area contributed by atoms with Crippen LogP contribution in [0, 0.1) is 5.41 Å². The van der Waals surface area contributed by atoms with E-state index in [9.17, 15) is 9.59 Å². The Morgan fingerprint density at radius 2 is 2.10 bits per heavy atom. The summed E-state index contributed by atoms with van der Waals surface area (Å²) in [6, 6.07) is 4.05. The number of hydrogen-bond acceptors (Lipinski definition) is 2. The maximum atomic E-state index is 12.3. The molecule has 0 saturated carbocycles. The molecule has 2 N–H and O–H groups in total. The maximum Gasteiger partial charge on any atom is 0.337 e. The van der Waals surface area contributed by atoms with Crippen LogP contribution in [-0.4, -0.2) is 35.1 Å². The van der Waals surface area contributed by atoms with E-state index in [1.165, 1.54) is 18.2 Å². The minimum Gasteiger partial charge on any atom is -0.478 e. The number of rotatable bonds is 2. The molecule has 2 rings (SSSR count). The highest BCUT2D eigenvalue weighted by atomic mass is 35.5. The fourth-order valence-electron chi connectivity index (χ4n) is 2.60. The van der Waals surface area contributed by atoms with E-state index in [1.54, 1.807) is 4.90 Å². The van der Waals surface area contributed by atoms with E-state index in [1.807, 2.05) is 0 Å². The molecular formula is C15H19ClN2O3. The standard InChI is InChI=1S/C15H19ClN2O3/c1-15(2)6-3-7-18(9-15)14(21)17-12-8-10(16)4-5-11(12)13(19)20/h4-5,8H,3,6-7,9H2,1-2H3,(H,17,21)(H,19,20). The zero-order chi connectivity index (χ0) is 15.6. The van der Waals surface area contributed by atoms with Gasteiger partial charge in [0.1, 0.15) is 0 Å². The van der Waals surface area contributed by atoms with Gasteiger partial charge in [0.25, 0.3) is 0 Å². The number of anilines is 1. The first-order valence-electron chi connectivity index (χ1n) is 6.87. The molecule has 0 aliphatic carbocycles. The first kappa shape index (κ1) is 15.6. The molecule has 0 bridgehead atoms. The fraction of sp³-hybridized carbons (Fsp3) is 0.467. The second-order valence-corrected chi connectivity index (χ2v) is 6.55. The summed E-state index contributed by atoms with van der Waals surface area (Å²) >= 11 is 5.88. The first-order chi connectivity index (χ1) is 9.78.